The first-order valence-electron chi connectivity index (χ1n) is 6.16. The van der Waals surface area contributed by atoms with Gasteiger partial charge in [0.15, 0.2) is 0 Å². The number of aryl methyl sites for hydroxylation is 1. The van der Waals surface area contributed by atoms with Crippen LogP contribution < -0.4 is 5.56 Å². The fourth-order valence-corrected chi connectivity index (χ4v) is 2.17. The van der Waals surface area contributed by atoms with E-state index >= 15 is 0 Å². The molecule has 21 heavy (non-hydrogen) atoms. The lowest BCUT2D eigenvalue weighted by Crippen LogP contribution is -2.21. The first kappa shape index (κ1) is 13.0. The van der Waals surface area contributed by atoms with E-state index in [0.717, 1.165) is 0 Å². The average Bonchev–Trinajstić information content (AvgIpc) is 2.87. The van der Waals surface area contributed by atoms with E-state index in [1.54, 1.807) is 7.05 Å². The Morgan fingerprint density at radius 3 is 2.86 bits per heavy atom. The summed E-state index contributed by atoms with van der Waals surface area (Å²) in [5.41, 5.74) is 0.910. The highest BCUT2D eigenvalue weighted by Crippen LogP contribution is 2.14. The minimum atomic E-state index is -0.435. The van der Waals surface area contributed by atoms with Crippen LogP contribution in [-0.4, -0.2) is 19.6 Å². The van der Waals surface area contributed by atoms with Gasteiger partial charge in [-0.25, -0.2) is 9.07 Å². The van der Waals surface area contributed by atoms with Gasteiger partial charge in [0.25, 0.3) is 5.56 Å². The molecule has 3 rings (SSSR count). The molecule has 0 radical (unpaired) electrons. The van der Waals surface area contributed by atoms with E-state index in [1.807, 2.05) is 6.07 Å². The number of benzene rings is 1. The molecule has 0 aliphatic heterocycles. The monoisotopic (exact) mass is 283 g/mol. The third-order valence-electron chi connectivity index (χ3n) is 3.24. The fraction of sp³-hybridized carbons (Fsp3) is 0.143. The van der Waals surface area contributed by atoms with E-state index in [2.05, 4.69) is 10.2 Å². The molecule has 1 aromatic carbocycles. The number of halogens is 1. The molecule has 0 aliphatic carbocycles. The maximum absolute atomic E-state index is 13.4. The van der Waals surface area contributed by atoms with Crippen LogP contribution in [0.1, 0.15) is 11.1 Å². The summed E-state index contributed by atoms with van der Waals surface area (Å²) in [7, 11) is 1.54. The van der Waals surface area contributed by atoms with Crippen LogP contribution >= 0.6 is 0 Å². The second kappa shape index (κ2) is 4.83. The van der Waals surface area contributed by atoms with Crippen molar-refractivity contribution >= 4 is 10.9 Å². The summed E-state index contributed by atoms with van der Waals surface area (Å²) in [6.07, 6.45) is 3.06. The van der Waals surface area contributed by atoms with Crippen LogP contribution in [0.25, 0.3) is 10.9 Å². The van der Waals surface area contributed by atoms with E-state index in [4.69, 9.17) is 5.26 Å². The molecule has 0 N–H and O–H groups in total. The third kappa shape index (κ3) is 2.17. The molecule has 2 aromatic heterocycles. The number of nitriles is 1. The summed E-state index contributed by atoms with van der Waals surface area (Å²) in [6.45, 7) is 0.142. The lowest BCUT2D eigenvalue weighted by molar-refractivity contribution is 0.620. The van der Waals surface area contributed by atoms with E-state index < -0.39 is 5.82 Å². The standard InChI is InChI=1S/C14H10FN5O/c1-19-14(21)13-11(6-17-19)7-18-20(13)8-10-4-12(15)3-2-9(10)5-16/h2-4,6-7H,8H2,1H3. The Bertz CT molecular complexity index is 935. The maximum Gasteiger partial charge on any atom is 0.292 e. The van der Waals surface area contributed by atoms with Crippen molar-refractivity contribution in [2.45, 2.75) is 6.54 Å². The summed E-state index contributed by atoms with van der Waals surface area (Å²) >= 11 is 0. The lowest BCUT2D eigenvalue weighted by atomic mass is 10.1. The summed E-state index contributed by atoms with van der Waals surface area (Å²) in [5, 5.41) is 17.7. The van der Waals surface area contributed by atoms with Crippen molar-refractivity contribution in [2.24, 2.45) is 7.05 Å². The number of nitrogens with zero attached hydrogens (tertiary/aromatic N) is 5. The Morgan fingerprint density at radius 1 is 1.33 bits per heavy atom. The van der Waals surface area contributed by atoms with Crippen molar-refractivity contribution in [1.29, 1.82) is 5.26 Å². The second-order valence-electron chi connectivity index (χ2n) is 4.59. The molecule has 0 saturated carbocycles. The van der Waals surface area contributed by atoms with Crippen LogP contribution in [0.15, 0.2) is 35.4 Å². The summed E-state index contributed by atoms with van der Waals surface area (Å²) in [4.78, 5) is 12.1. The normalized spacial score (nSPS) is 10.7. The van der Waals surface area contributed by atoms with Gasteiger partial charge in [-0.3, -0.25) is 9.48 Å². The molecule has 6 nitrogen and oxygen atoms in total. The van der Waals surface area contributed by atoms with E-state index in [-0.39, 0.29) is 12.1 Å². The predicted octanol–water partition coefficient (Wildman–Crippen LogP) is 1.19. The Balaban J connectivity index is 2.16. The van der Waals surface area contributed by atoms with E-state index in [0.29, 0.717) is 22.0 Å². The molecule has 0 atom stereocenters. The topological polar surface area (TPSA) is 76.5 Å². The number of hydrogen-bond donors (Lipinski definition) is 0. The lowest BCUT2D eigenvalue weighted by Gasteiger charge is -2.06. The molecule has 0 spiro atoms. The van der Waals surface area contributed by atoms with Crippen molar-refractivity contribution in [3.63, 3.8) is 0 Å². The van der Waals surface area contributed by atoms with Crippen molar-refractivity contribution in [3.8, 4) is 6.07 Å². The van der Waals surface area contributed by atoms with Gasteiger partial charge in [-0.1, -0.05) is 0 Å². The number of hydrogen-bond acceptors (Lipinski definition) is 4. The summed E-state index contributed by atoms with van der Waals surface area (Å²) in [6, 6.07) is 5.92. The SMILES string of the molecule is Cn1ncc2cnn(Cc3cc(F)ccc3C#N)c2c1=O. The first-order chi connectivity index (χ1) is 10.1. The molecular formula is C14H10FN5O. The van der Waals surface area contributed by atoms with Crippen LogP contribution in [0.3, 0.4) is 0 Å². The summed E-state index contributed by atoms with van der Waals surface area (Å²) < 4.78 is 16.0. The first-order valence-corrected chi connectivity index (χ1v) is 6.16. The number of fused-ring (bicyclic) bond motifs is 1. The van der Waals surface area contributed by atoms with Gasteiger partial charge in [-0.2, -0.15) is 15.5 Å². The summed E-state index contributed by atoms with van der Waals surface area (Å²) in [5.74, 6) is -0.435. The number of rotatable bonds is 2. The Kier molecular flexibility index (Phi) is 2.99. The minimum absolute atomic E-state index is 0.142. The van der Waals surface area contributed by atoms with Crippen LogP contribution in [0, 0.1) is 17.1 Å². The van der Waals surface area contributed by atoms with Gasteiger partial charge < -0.3 is 0 Å². The van der Waals surface area contributed by atoms with Gasteiger partial charge in [0.1, 0.15) is 11.3 Å². The molecule has 3 aromatic rings. The van der Waals surface area contributed by atoms with Gasteiger partial charge in [-0.15, -0.1) is 0 Å². The Hall–Kier alpha value is -3.01. The van der Waals surface area contributed by atoms with Gasteiger partial charge in [-0.05, 0) is 23.8 Å². The van der Waals surface area contributed by atoms with E-state index in [1.165, 1.54) is 40.0 Å². The molecule has 0 unspecified atom stereocenters. The Labute approximate surface area is 118 Å². The molecule has 2 heterocycles. The molecule has 104 valence electrons. The molecular weight excluding hydrogens is 273 g/mol. The van der Waals surface area contributed by atoms with Gasteiger partial charge in [0.05, 0.1) is 30.6 Å². The van der Waals surface area contributed by atoms with Gasteiger partial charge >= 0.3 is 0 Å². The van der Waals surface area contributed by atoms with Crippen LogP contribution in [-0.2, 0) is 13.6 Å². The molecule has 0 saturated heterocycles. The molecule has 0 fully saturated rings. The van der Waals surface area contributed by atoms with Crippen molar-refractivity contribution in [3.05, 3.63) is 57.9 Å². The smallest absolute Gasteiger partial charge is 0.265 e. The molecule has 0 bridgehead atoms. The third-order valence-corrected chi connectivity index (χ3v) is 3.24. The predicted molar refractivity (Wildman–Crippen MR) is 73.0 cm³/mol. The van der Waals surface area contributed by atoms with Crippen LogP contribution in [0.5, 0.6) is 0 Å². The second-order valence-corrected chi connectivity index (χ2v) is 4.59. The zero-order valence-corrected chi connectivity index (χ0v) is 11.1. The molecule has 7 heteroatoms. The van der Waals surface area contributed by atoms with Crippen LogP contribution in [0.4, 0.5) is 4.39 Å². The Morgan fingerprint density at radius 2 is 2.10 bits per heavy atom. The van der Waals surface area contributed by atoms with Crippen molar-refractivity contribution in [2.75, 3.05) is 0 Å². The highest BCUT2D eigenvalue weighted by atomic mass is 19.1. The zero-order valence-electron chi connectivity index (χ0n) is 11.1. The van der Waals surface area contributed by atoms with Crippen molar-refractivity contribution in [1.82, 2.24) is 19.6 Å². The van der Waals surface area contributed by atoms with Gasteiger partial charge in [0, 0.05) is 12.4 Å². The van der Waals surface area contributed by atoms with Gasteiger partial charge in [0.2, 0.25) is 0 Å². The maximum atomic E-state index is 13.4. The number of aromatic nitrogens is 4. The van der Waals surface area contributed by atoms with Crippen molar-refractivity contribution < 1.29 is 4.39 Å². The largest absolute Gasteiger partial charge is 0.292 e. The fourth-order valence-electron chi connectivity index (χ4n) is 2.17. The minimum Gasteiger partial charge on any atom is -0.265 e. The zero-order chi connectivity index (χ0) is 15.0. The van der Waals surface area contributed by atoms with E-state index in [9.17, 15) is 9.18 Å². The highest BCUT2D eigenvalue weighted by molar-refractivity contribution is 5.76. The quantitative estimate of drug-likeness (QED) is 0.708. The molecule has 0 amide bonds. The van der Waals surface area contributed by atoms with Crippen LogP contribution in [0.2, 0.25) is 0 Å². The highest BCUT2D eigenvalue weighted by Gasteiger charge is 2.11. The average molecular weight is 283 g/mol. The molecule has 0 aliphatic rings.